The van der Waals surface area contributed by atoms with E-state index in [0.717, 1.165) is 24.5 Å². The van der Waals surface area contributed by atoms with E-state index in [1.165, 1.54) is 5.56 Å². The molecule has 0 bridgehead atoms. The van der Waals surface area contributed by atoms with Gasteiger partial charge in [0, 0.05) is 6.54 Å². The average Bonchev–Trinajstić information content (AvgIpc) is 2.93. The summed E-state index contributed by atoms with van der Waals surface area (Å²) in [5, 5.41) is 12.2. The third-order valence-corrected chi connectivity index (χ3v) is 3.11. The molecule has 19 heavy (non-hydrogen) atoms. The van der Waals surface area contributed by atoms with Crippen LogP contribution in [0.25, 0.3) is 0 Å². The summed E-state index contributed by atoms with van der Waals surface area (Å²) < 4.78 is 5.66. The second-order valence-corrected chi connectivity index (χ2v) is 4.38. The van der Waals surface area contributed by atoms with E-state index < -0.39 is 0 Å². The van der Waals surface area contributed by atoms with Gasteiger partial charge in [-0.15, -0.1) is 0 Å². The van der Waals surface area contributed by atoms with Crippen LogP contribution < -0.4 is 10.1 Å². The zero-order valence-electron chi connectivity index (χ0n) is 10.4. The van der Waals surface area contributed by atoms with E-state index in [4.69, 9.17) is 10.00 Å². The highest BCUT2D eigenvalue weighted by atomic mass is 16.5. The van der Waals surface area contributed by atoms with Crippen molar-refractivity contribution >= 4 is 5.82 Å². The van der Waals surface area contributed by atoms with Crippen molar-refractivity contribution in [1.29, 1.82) is 5.26 Å². The Morgan fingerprint density at radius 3 is 3.05 bits per heavy atom. The number of benzene rings is 1. The largest absolute Gasteiger partial charge is 0.486 e. The standard InChI is InChI=1S/C15H13N3O/c16-9-12-3-1-2-4-14(12)19-10-13-6-5-11-7-8-17-15(11)18-13/h1-6H,7-8,10H2,(H,17,18). The maximum absolute atomic E-state index is 8.99. The third-order valence-electron chi connectivity index (χ3n) is 3.11. The molecule has 1 aliphatic heterocycles. The van der Waals surface area contributed by atoms with Gasteiger partial charge in [-0.1, -0.05) is 18.2 Å². The average molecular weight is 251 g/mol. The molecule has 0 fully saturated rings. The van der Waals surface area contributed by atoms with Gasteiger partial charge < -0.3 is 10.1 Å². The van der Waals surface area contributed by atoms with Crippen LogP contribution in [0.1, 0.15) is 16.8 Å². The highest BCUT2D eigenvalue weighted by molar-refractivity contribution is 5.49. The molecule has 0 amide bonds. The van der Waals surface area contributed by atoms with Crippen molar-refractivity contribution in [3.05, 3.63) is 53.2 Å². The molecular weight excluding hydrogens is 238 g/mol. The molecule has 3 rings (SSSR count). The van der Waals surface area contributed by atoms with Crippen LogP contribution in [-0.4, -0.2) is 11.5 Å². The zero-order valence-corrected chi connectivity index (χ0v) is 10.4. The van der Waals surface area contributed by atoms with Gasteiger partial charge in [-0.2, -0.15) is 5.26 Å². The minimum absolute atomic E-state index is 0.369. The summed E-state index contributed by atoms with van der Waals surface area (Å²) in [6.07, 6.45) is 1.03. The van der Waals surface area contributed by atoms with Crippen LogP contribution in [0.3, 0.4) is 0 Å². The molecule has 2 heterocycles. The molecule has 1 aliphatic rings. The van der Waals surface area contributed by atoms with Gasteiger partial charge in [-0.3, -0.25) is 0 Å². The summed E-state index contributed by atoms with van der Waals surface area (Å²) in [7, 11) is 0. The molecule has 0 radical (unpaired) electrons. The fraction of sp³-hybridized carbons (Fsp3) is 0.200. The van der Waals surface area contributed by atoms with E-state index in [-0.39, 0.29) is 0 Å². The molecule has 1 aromatic heterocycles. The number of aromatic nitrogens is 1. The van der Waals surface area contributed by atoms with Crippen molar-refractivity contribution in [2.75, 3.05) is 11.9 Å². The van der Waals surface area contributed by atoms with E-state index in [9.17, 15) is 0 Å². The van der Waals surface area contributed by atoms with Crippen LogP contribution in [0.5, 0.6) is 5.75 Å². The summed E-state index contributed by atoms with van der Waals surface area (Å²) >= 11 is 0. The van der Waals surface area contributed by atoms with Gasteiger partial charge in [0.2, 0.25) is 0 Å². The lowest BCUT2D eigenvalue weighted by Crippen LogP contribution is -2.01. The molecule has 0 aliphatic carbocycles. The first-order valence-corrected chi connectivity index (χ1v) is 6.21. The number of rotatable bonds is 3. The van der Waals surface area contributed by atoms with Gasteiger partial charge >= 0.3 is 0 Å². The van der Waals surface area contributed by atoms with Crippen molar-refractivity contribution in [1.82, 2.24) is 4.98 Å². The Morgan fingerprint density at radius 1 is 1.26 bits per heavy atom. The number of fused-ring (bicyclic) bond motifs is 1. The second kappa shape index (κ2) is 4.99. The quantitative estimate of drug-likeness (QED) is 0.910. The van der Waals surface area contributed by atoms with Gasteiger partial charge in [0.05, 0.1) is 11.3 Å². The molecule has 4 heteroatoms. The number of nitrogens with zero attached hydrogens (tertiary/aromatic N) is 2. The van der Waals surface area contributed by atoms with Crippen LogP contribution in [0, 0.1) is 11.3 Å². The number of nitriles is 1. The molecule has 0 unspecified atom stereocenters. The van der Waals surface area contributed by atoms with Crippen molar-refractivity contribution in [3.63, 3.8) is 0 Å². The summed E-state index contributed by atoms with van der Waals surface area (Å²) in [5.74, 6) is 1.55. The lowest BCUT2D eigenvalue weighted by Gasteiger charge is -2.08. The van der Waals surface area contributed by atoms with Crippen LogP contribution in [0.2, 0.25) is 0 Å². The predicted molar refractivity (Wildman–Crippen MR) is 71.9 cm³/mol. The topological polar surface area (TPSA) is 57.9 Å². The Labute approximate surface area is 111 Å². The Balaban J connectivity index is 1.74. The van der Waals surface area contributed by atoms with Crippen molar-refractivity contribution in [3.8, 4) is 11.8 Å². The van der Waals surface area contributed by atoms with Gasteiger partial charge in [-0.05, 0) is 30.2 Å². The highest BCUT2D eigenvalue weighted by Gasteiger charge is 2.12. The first-order chi connectivity index (χ1) is 9.36. The smallest absolute Gasteiger partial charge is 0.137 e. The number of hydrogen-bond acceptors (Lipinski definition) is 4. The molecule has 0 spiro atoms. The molecule has 0 atom stereocenters. The summed E-state index contributed by atoms with van der Waals surface area (Å²) in [6, 6.07) is 13.4. The van der Waals surface area contributed by atoms with Gasteiger partial charge in [0.25, 0.3) is 0 Å². The van der Waals surface area contributed by atoms with Crippen LogP contribution in [0.4, 0.5) is 5.82 Å². The van der Waals surface area contributed by atoms with E-state index in [2.05, 4.69) is 22.4 Å². The SMILES string of the molecule is N#Cc1ccccc1OCc1ccc2c(n1)NCC2. The number of ether oxygens (including phenoxy) is 1. The molecule has 4 nitrogen and oxygen atoms in total. The van der Waals surface area contributed by atoms with E-state index in [1.807, 2.05) is 18.2 Å². The maximum atomic E-state index is 8.99. The third kappa shape index (κ3) is 2.36. The maximum Gasteiger partial charge on any atom is 0.137 e. The van der Waals surface area contributed by atoms with Crippen molar-refractivity contribution < 1.29 is 4.74 Å². The van der Waals surface area contributed by atoms with Gasteiger partial charge in [0.15, 0.2) is 0 Å². The van der Waals surface area contributed by atoms with Crippen LogP contribution in [0.15, 0.2) is 36.4 Å². The molecule has 2 aromatic rings. The van der Waals surface area contributed by atoms with E-state index in [0.29, 0.717) is 17.9 Å². The van der Waals surface area contributed by atoms with Crippen molar-refractivity contribution in [2.45, 2.75) is 13.0 Å². The van der Waals surface area contributed by atoms with Crippen LogP contribution >= 0.6 is 0 Å². The summed E-state index contributed by atoms with van der Waals surface area (Å²) in [6.45, 7) is 1.32. The summed E-state index contributed by atoms with van der Waals surface area (Å²) in [5.41, 5.74) is 2.66. The monoisotopic (exact) mass is 251 g/mol. The molecule has 0 saturated heterocycles. The first kappa shape index (κ1) is 11.5. The predicted octanol–water partition coefficient (Wildman–Crippen LogP) is 2.50. The van der Waals surface area contributed by atoms with Crippen molar-refractivity contribution in [2.24, 2.45) is 0 Å². The minimum Gasteiger partial charge on any atom is -0.486 e. The zero-order chi connectivity index (χ0) is 13.1. The molecule has 1 N–H and O–H groups in total. The molecular formula is C15H13N3O. The number of para-hydroxylation sites is 1. The Bertz CT molecular complexity index is 646. The number of nitrogens with one attached hydrogen (secondary N) is 1. The number of pyridine rings is 1. The highest BCUT2D eigenvalue weighted by Crippen LogP contribution is 2.21. The summed E-state index contributed by atoms with van der Waals surface area (Å²) in [4.78, 5) is 4.50. The normalized spacial score (nSPS) is 12.4. The second-order valence-electron chi connectivity index (χ2n) is 4.38. The van der Waals surface area contributed by atoms with Gasteiger partial charge in [-0.25, -0.2) is 4.98 Å². The fourth-order valence-corrected chi connectivity index (χ4v) is 2.12. The molecule has 1 aromatic carbocycles. The van der Waals surface area contributed by atoms with E-state index in [1.54, 1.807) is 12.1 Å². The molecule has 0 saturated carbocycles. The lowest BCUT2D eigenvalue weighted by molar-refractivity contribution is 0.300. The minimum atomic E-state index is 0.369. The van der Waals surface area contributed by atoms with E-state index >= 15 is 0 Å². The number of hydrogen-bond donors (Lipinski definition) is 1. The Morgan fingerprint density at radius 2 is 2.16 bits per heavy atom. The number of anilines is 1. The lowest BCUT2D eigenvalue weighted by atomic mass is 10.2. The Hall–Kier alpha value is -2.54. The Kier molecular flexibility index (Phi) is 3.03. The fourth-order valence-electron chi connectivity index (χ4n) is 2.12. The molecule has 94 valence electrons. The van der Waals surface area contributed by atoms with Gasteiger partial charge in [0.1, 0.15) is 24.2 Å². The first-order valence-electron chi connectivity index (χ1n) is 6.21. The van der Waals surface area contributed by atoms with Crippen LogP contribution in [-0.2, 0) is 13.0 Å².